The van der Waals surface area contributed by atoms with Gasteiger partial charge < -0.3 is 9.64 Å². The van der Waals surface area contributed by atoms with Gasteiger partial charge in [-0.25, -0.2) is 0 Å². The summed E-state index contributed by atoms with van der Waals surface area (Å²) in [6, 6.07) is 11.1. The number of carbonyl (C=O) groups excluding carboxylic acids is 2. The van der Waals surface area contributed by atoms with Gasteiger partial charge in [-0.05, 0) is 37.1 Å². The molecule has 0 unspecified atom stereocenters. The number of nitro groups is 1. The smallest absolute Gasteiger partial charge is 0.316 e. The van der Waals surface area contributed by atoms with E-state index >= 15 is 0 Å². The Hall–Kier alpha value is -3.22. The molecule has 2 aromatic carbocycles. The van der Waals surface area contributed by atoms with E-state index < -0.39 is 16.8 Å². The summed E-state index contributed by atoms with van der Waals surface area (Å²) in [4.78, 5) is 36.6. The Morgan fingerprint density at radius 1 is 1.15 bits per heavy atom. The van der Waals surface area contributed by atoms with Crippen LogP contribution in [0.5, 0.6) is 5.75 Å². The van der Waals surface area contributed by atoms with Gasteiger partial charge in [0.05, 0.1) is 10.8 Å². The standard InChI is InChI=1S/C19H18N2O5/c1-12-4-3-5-13(2)18(12)20-11-14(10-17(20)22)19(23)26-16-8-6-15(7-9-16)21(24)25/h3-9,14H,10-11H2,1-2H3/t14-/m1/s1. The van der Waals surface area contributed by atoms with Crippen LogP contribution in [0.3, 0.4) is 0 Å². The first-order valence-corrected chi connectivity index (χ1v) is 8.19. The maximum Gasteiger partial charge on any atom is 0.316 e. The van der Waals surface area contributed by atoms with Crippen molar-refractivity contribution in [2.45, 2.75) is 20.3 Å². The molecule has 7 nitrogen and oxygen atoms in total. The number of rotatable bonds is 4. The lowest BCUT2D eigenvalue weighted by Crippen LogP contribution is -2.28. The van der Waals surface area contributed by atoms with Gasteiger partial charge in [-0.2, -0.15) is 0 Å². The minimum Gasteiger partial charge on any atom is -0.426 e. The molecule has 0 radical (unpaired) electrons. The van der Waals surface area contributed by atoms with Crippen LogP contribution >= 0.6 is 0 Å². The van der Waals surface area contributed by atoms with Crippen molar-refractivity contribution in [3.05, 3.63) is 63.7 Å². The van der Waals surface area contributed by atoms with Crippen LogP contribution in [0.25, 0.3) is 0 Å². The molecule has 2 aromatic rings. The van der Waals surface area contributed by atoms with E-state index in [0.29, 0.717) is 0 Å². The normalized spacial score (nSPS) is 16.6. The summed E-state index contributed by atoms with van der Waals surface area (Å²) in [5, 5.41) is 10.7. The maximum atomic E-state index is 12.4. The monoisotopic (exact) mass is 354 g/mol. The number of amides is 1. The molecule has 0 bridgehead atoms. The van der Waals surface area contributed by atoms with Crippen LogP contribution in [0.2, 0.25) is 0 Å². The van der Waals surface area contributed by atoms with Gasteiger partial charge in [-0.3, -0.25) is 19.7 Å². The van der Waals surface area contributed by atoms with Crippen molar-refractivity contribution >= 4 is 23.3 Å². The van der Waals surface area contributed by atoms with Crippen molar-refractivity contribution in [2.75, 3.05) is 11.4 Å². The molecular weight excluding hydrogens is 336 g/mol. The van der Waals surface area contributed by atoms with Crippen LogP contribution in [-0.4, -0.2) is 23.3 Å². The largest absolute Gasteiger partial charge is 0.426 e. The van der Waals surface area contributed by atoms with Gasteiger partial charge in [0.15, 0.2) is 0 Å². The SMILES string of the molecule is Cc1cccc(C)c1N1C[C@H](C(=O)Oc2ccc([N+](=O)[O-])cc2)CC1=O. The number of benzene rings is 2. The fourth-order valence-corrected chi connectivity index (χ4v) is 3.15. The second kappa shape index (κ2) is 6.95. The Labute approximate surface area is 150 Å². The lowest BCUT2D eigenvalue weighted by molar-refractivity contribution is -0.384. The van der Waals surface area contributed by atoms with Crippen molar-refractivity contribution in [1.29, 1.82) is 0 Å². The van der Waals surface area contributed by atoms with E-state index in [1.54, 1.807) is 4.90 Å². The maximum absolute atomic E-state index is 12.4. The molecule has 1 atom stereocenters. The number of nitro benzene ring substituents is 1. The predicted molar refractivity (Wildman–Crippen MR) is 95.1 cm³/mol. The third kappa shape index (κ3) is 3.42. The first-order chi connectivity index (χ1) is 12.4. The Morgan fingerprint density at radius 2 is 1.77 bits per heavy atom. The summed E-state index contributed by atoms with van der Waals surface area (Å²) < 4.78 is 5.29. The highest BCUT2D eigenvalue weighted by Gasteiger charge is 2.37. The van der Waals surface area contributed by atoms with Gasteiger partial charge in [-0.1, -0.05) is 18.2 Å². The molecule has 1 fully saturated rings. The number of anilines is 1. The van der Waals surface area contributed by atoms with Gasteiger partial charge in [0.25, 0.3) is 5.69 Å². The minimum absolute atomic E-state index is 0.0814. The molecule has 1 heterocycles. The fourth-order valence-electron chi connectivity index (χ4n) is 3.15. The molecule has 0 saturated carbocycles. The number of hydrogen-bond acceptors (Lipinski definition) is 5. The van der Waals surface area contributed by atoms with Gasteiger partial charge in [0.1, 0.15) is 5.75 Å². The quantitative estimate of drug-likeness (QED) is 0.364. The topological polar surface area (TPSA) is 89.8 Å². The molecule has 1 aliphatic rings. The number of esters is 1. The van der Waals surface area contributed by atoms with Crippen LogP contribution in [0.1, 0.15) is 17.5 Å². The van der Waals surface area contributed by atoms with E-state index in [1.807, 2.05) is 32.0 Å². The summed E-state index contributed by atoms with van der Waals surface area (Å²) >= 11 is 0. The highest BCUT2D eigenvalue weighted by molar-refractivity contribution is 6.00. The number of aryl methyl sites for hydroxylation is 2. The van der Waals surface area contributed by atoms with E-state index in [9.17, 15) is 19.7 Å². The summed E-state index contributed by atoms with van der Waals surface area (Å²) in [6.45, 7) is 4.12. The third-order valence-corrected chi connectivity index (χ3v) is 4.43. The molecule has 134 valence electrons. The molecule has 3 rings (SSSR count). The first-order valence-electron chi connectivity index (χ1n) is 8.19. The Bertz CT molecular complexity index is 856. The van der Waals surface area contributed by atoms with Gasteiger partial charge in [0, 0.05) is 30.8 Å². The third-order valence-electron chi connectivity index (χ3n) is 4.43. The van der Waals surface area contributed by atoms with E-state index in [2.05, 4.69) is 0 Å². The number of nitrogens with zero attached hydrogens (tertiary/aromatic N) is 2. The van der Waals surface area contributed by atoms with Crippen molar-refractivity contribution in [1.82, 2.24) is 0 Å². The lowest BCUT2D eigenvalue weighted by Gasteiger charge is -2.21. The zero-order chi connectivity index (χ0) is 18.8. The molecule has 0 aromatic heterocycles. The van der Waals surface area contributed by atoms with Gasteiger partial charge in [-0.15, -0.1) is 0 Å². The Morgan fingerprint density at radius 3 is 2.35 bits per heavy atom. The molecule has 1 aliphatic heterocycles. The van der Waals surface area contributed by atoms with Gasteiger partial charge in [0.2, 0.25) is 5.91 Å². The van der Waals surface area contributed by atoms with Crippen molar-refractivity contribution in [2.24, 2.45) is 5.92 Å². The summed E-state index contributed by atoms with van der Waals surface area (Å²) in [6.07, 6.45) is 0.0829. The molecule has 0 spiro atoms. The number of carbonyl (C=O) groups is 2. The van der Waals surface area contributed by atoms with Crippen LogP contribution < -0.4 is 9.64 Å². The average molecular weight is 354 g/mol. The van der Waals surface area contributed by atoms with Crippen molar-refractivity contribution in [3.63, 3.8) is 0 Å². The van der Waals surface area contributed by atoms with Crippen molar-refractivity contribution < 1.29 is 19.2 Å². The first kappa shape index (κ1) is 17.6. The van der Waals surface area contributed by atoms with Crippen LogP contribution in [-0.2, 0) is 9.59 Å². The van der Waals surface area contributed by atoms with Crippen LogP contribution in [0.15, 0.2) is 42.5 Å². The van der Waals surface area contributed by atoms with Gasteiger partial charge >= 0.3 is 5.97 Å². The zero-order valence-corrected chi connectivity index (χ0v) is 14.5. The molecule has 7 heteroatoms. The van der Waals surface area contributed by atoms with E-state index in [-0.39, 0.29) is 30.3 Å². The van der Waals surface area contributed by atoms with E-state index in [1.165, 1.54) is 24.3 Å². The van der Waals surface area contributed by atoms with Crippen LogP contribution in [0, 0.1) is 29.9 Å². The number of para-hydroxylation sites is 1. The molecular formula is C19H18N2O5. The molecule has 0 aliphatic carbocycles. The zero-order valence-electron chi connectivity index (χ0n) is 14.5. The lowest BCUT2D eigenvalue weighted by atomic mass is 10.1. The fraction of sp³-hybridized carbons (Fsp3) is 0.263. The number of ether oxygens (including phenoxy) is 1. The minimum atomic E-state index is -0.573. The highest BCUT2D eigenvalue weighted by Crippen LogP contribution is 2.31. The van der Waals surface area contributed by atoms with E-state index in [4.69, 9.17) is 4.74 Å². The Kier molecular flexibility index (Phi) is 4.71. The second-order valence-electron chi connectivity index (χ2n) is 6.32. The van der Waals surface area contributed by atoms with Crippen LogP contribution in [0.4, 0.5) is 11.4 Å². The summed E-state index contributed by atoms with van der Waals surface area (Å²) in [5.41, 5.74) is 2.70. The molecule has 26 heavy (non-hydrogen) atoms. The second-order valence-corrected chi connectivity index (χ2v) is 6.32. The van der Waals surface area contributed by atoms with E-state index in [0.717, 1.165) is 16.8 Å². The molecule has 1 amide bonds. The number of non-ortho nitro benzene ring substituents is 1. The number of hydrogen-bond donors (Lipinski definition) is 0. The van der Waals surface area contributed by atoms with Crippen molar-refractivity contribution in [3.8, 4) is 5.75 Å². The summed E-state index contributed by atoms with van der Waals surface area (Å²) in [7, 11) is 0. The highest BCUT2D eigenvalue weighted by atomic mass is 16.6. The molecule has 0 N–H and O–H groups in total. The predicted octanol–water partition coefficient (Wildman–Crippen LogP) is 3.17. The summed E-state index contributed by atoms with van der Waals surface area (Å²) in [5.74, 6) is -0.982. The Balaban J connectivity index is 1.72. The average Bonchev–Trinajstić information content (AvgIpc) is 2.97. The molecule has 1 saturated heterocycles.